The predicted molar refractivity (Wildman–Crippen MR) is 97.2 cm³/mol. The van der Waals surface area contributed by atoms with Crippen molar-refractivity contribution in [3.8, 4) is 0 Å². The topological polar surface area (TPSA) is 37.4 Å². The minimum absolute atomic E-state index is 0. The van der Waals surface area contributed by atoms with Crippen LogP contribution in [0.1, 0.15) is 24.4 Å². The highest BCUT2D eigenvalue weighted by Crippen LogP contribution is 2.35. The van der Waals surface area contributed by atoms with E-state index >= 15 is 0 Å². The first-order chi connectivity index (χ1) is 9.84. The minimum Gasteiger partial charge on any atom is -0.381 e. The zero-order valence-electron chi connectivity index (χ0n) is 12.5. The highest BCUT2D eigenvalue weighted by molar-refractivity contribution is 9.10. The SMILES string of the molecule is Brc1cc([C@@H](C2CCOCC2)N2CCNCC2)ccn1.Cl.Cl. The number of aromatic nitrogens is 1. The van der Waals surface area contributed by atoms with Crippen molar-refractivity contribution >= 4 is 40.7 Å². The van der Waals surface area contributed by atoms with E-state index in [1.54, 1.807) is 0 Å². The molecule has 1 N–H and O–H groups in total. The van der Waals surface area contributed by atoms with Gasteiger partial charge in [0, 0.05) is 51.6 Å². The molecule has 4 nitrogen and oxygen atoms in total. The summed E-state index contributed by atoms with van der Waals surface area (Å²) in [6, 6.07) is 4.86. The Kier molecular flexibility index (Phi) is 9.21. The van der Waals surface area contributed by atoms with Gasteiger partial charge in [0.05, 0.1) is 0 Å². The predicted octanol–water partition coefficient (Wildman–Crippen LogP) is 3.06. The van der Waals surface area contributed by atoms with Crippen LogP contribution in [0.25, 0.3) is 0 Å². The van der Waals surface area contributed by atoms with Crippen molar-refractivity contribution in [2.24, 2.45) is 5.92 Å². The summed E-state index contributed by atoms with van der Waals surface area (Å²) < 4.78 is 6.48. The lowest BCUT2D eigenvalue weighted by atomic mass is 9.86. The van der Waals surface area contributed by atoms with Crippen LogP contribution in [0.3, 0.4) is 0 Å². The van der Waals surface area contributed by atoms with Crippen molar-refractivity contribution in [1.29, 1.82) is 0 Å². The van der Waals surface area contributed by atoms with Crippen molar-refractivity contribution in [3.05, 3.63) is 28.5 Å². The highest BCUT2D eigenvalue weighted by atomic mass is 79.9. The molecule has 1 aromatic rings. The van der Waals surface area contributed by atoms with E-state index in [-0.39, 0.29) is 24.8 Å². The first-order valence-corrected chi connectivity index (χ1v) is 8.28. The van der Waals surface area contributed by atoms with E-state index in [4.69, 9.17) is 4.74 Å². The van der Waals surface area contributed by atoms with Crippen molar-refractivity contribution in [2.75, 3.05) is 39.4 Å². The molecule has 126 valence electrons. The van der Waals surface area contributed by atoms with Gasteiger partial charge in [0.15, 0.2) is 0 Å². The Morgan fingerprint density at radius 3 is 2.55 bits per heavy atom. The number of piperazine rings is 1. The summed E-state index contributed by atoms with van der Waals surface area (Å²) in [7, 11) is 0. The van der Waals surface area contributed by atoms with Crippen LogP contribution < -0.4 is 5.32 Å². The number of ether oxygens (including phenoxy) is 1. The van der Waals surface area contributed by atoms with E-state index in [1.165, 1.54) is 5.56 Å². The van der Waals surface area contributed by atoms with Crippen LogP contribution in [0.4, 0.5) is 0 Å². The van der Waals surface area contributed by atoms with Gasteiger partial charge in [0.1, 0.15) is 4.60 Å². The lowest BCUT2D eigenvalue weighted by molar-refractivity contribution is 0.0213. The number of pyridine rings is 1. The molecule has 1 atom stereocenters. The fourth-order valence-corrected chi connectivity index (χ4v) is 3.76. The third kappa shape index (κ3) is 5.05. The molecular weight excluding hydrogens is 389 g/mol. The molecular formula is C15H24BrCl2N3O. The first-order valence-electron chi connectivity index (χ1n) is 7.48. The zero-order valence-corrected chi connectivity index (χ0v) is 15.8. The second kappa shape index (κ2) is 10.1. The molecule has 1 aromatic heterocycles. The number of halogens is 3. The Labute approximate surface area is 153 Å². The summed E-state index contributed by atoms with van der Waals surface area (Å²) in [6.45, 7) is 6.24. The van der Waals surface area contributed by atoms with Gasteiger partial charge in [-0.1, -0.05) is 0 Å². The summed E-state index contributed by atoms with van der Waals surface area (Å²) in [5.74, 6) is 0.691. The lowest BCUT2D eigenvalue weighted by Gasteiger charge is -2.41. The maximum absolute atomic E-state index is 5.54. The van der Waals surface area contributed by atoms with Crippen molar-refractivity contribution in [2.45, 2.75) is 18.9 Å². The molecule has 22 heavy (non-hydrogen) atoms. The van der Waals surface area contributed by atoms with Crippen LogP contribution in [0.2, 0.25) is 0 Å². The monoisotopic (exact) mass is 411 g/mol. The molecule has 0 saturated carbocycles. The molecule has 7 heteroatoms. The Morgan fingerprint density at radius 1 is 1.23 bits per heavy atom. The van der Waals surface area contributed by atoms with Crippen molar-refractivity contribution < 1.29 is 4.74 Å². The molecule has 2 aliphatic heterocycles. The van der Waals surface area contributed by atoms with E-state index < -0.39 is 0 Å². The molecule has 0 aliphatic carbocycles. The summed E-state index contributed by atoms with van der Waals surface area (Å²) in [6.07, 6.45) is 4.23. The lowest BCUT2D eigenvalue weighted by Crippen LogP contribution is -2.47. The average Bonchev–Trinajstić information content (AvgIpc) is 2.50. The van der Waals surface area contributed by atoms with E-state index in [0.717, 1.165) is 56.8 Å². The molecule has 2 aliphatic rings. The number of rotatable bonds is 3. The van der Waals surface area contributed by atoms with Gasteiger partial charge in [-0.3, -0.25) is 4.90 Å². The molecule has 0 aromatic carbocycles. The van der Waals surface area contributed by atoms with Crippen LogP contribution in [-0.4, -0.2) is 49.3 Å². The fourth-order valence-electron chi connectivity index (χ4n) is 3.37. The van der Waals surface area contributed by atoms with Gasteiger partial charge in [0.2, 0.25) is 0 Å². The number of hydrogen-bond donors (Lipinski definition) is 1. The molecule has 2 fully saturated rings. The summed E-state index contributed by atoms with van der Waals surface area (Å²) in [5, 5.41) is 3.45. The second-order valence-electron chi connectivity index (χ2n) is 5.59. The Balaban J connectivity index is 0.00000121. The maximum atomic E-state index is 5.54. The van der Waals surface area contributed by atoms with Crippen LogP contribution in [0.15, 0.2) is 22.9 Å². The fraction of sp³-hybridized carbons (Fsp3) is 0.667. The molecule has 2 saturated heterocycles. The van der Waals surface area contributed by atoms with Gasteiger partial charge in [-0.25, -0.2) is 4.98 Å². The van der Waals surface area contributed by atoms with Gasteiger partial charge in [0.25, 0.3) is 0 Å². The Bertz CT molecular complexity index is 423. The van der Waals surface area contributed by atoms with Gasteiger partial charge >= 0.3 is 0 Å². The maximum Gasteiger partial charge on any atom is 0.106 e. The van der Waals surface area contributed by atoms with E-state index in [2.05, 4.69) is 43.3 Å². The van der Waals surface area contributed by atoms with E-state index in [1.807, 2.05) is 6.20 Å². The zero-order chi connectivity index (χ0) is 13.8. The summed E-state index contributed by atoms with van der Waals surface area (Å²) in [4.78, 5) is 6.91. The van der Waals surface area contributed by atoms with Gasteiger partial charge < -0.3 is 10.1 Å². The second-order valence-corrected chi connectivity index (χ2v) is 6.40. The van der Waals surface area contributed by atoms with E-state index in [0.29, 0.717) is 12.0 Å². The molecule has 0 bridgehead atoms. The molecule has 0 radical (unpaired) electrons. The summed E-state index contributed by atoms with van der Waals surface area (Å²) >= 11 is 3.51. The number of nitrogens with zero attached hydrogens (tertiary/aromatic N) is 2. The van der Waals surface area contributed by atoms with E-state index in [9.17, 15) is 0 Å². The molecule has 3 rings (SSSR count). The highest BCUT2D eigenvalue weighted by Gasteiger charge is 2.31. The van der Waals surface area contributed by atoms with Crippen LogP contribution >= 0.6 is 40.7 Å². The van der Waals surface area contributed by atoms with Crippen molar-refractivity contribution in [1.82, 2.24) is 15.2 Å². The van der Waals surface area contributed by atoms with Crippen molar-refractivity contribution in [3.63, 3.8) is 0 Å². The van der Waals surface area contributed by atoms with Crippen LogP contribution in [0.5, 0.6) is 0 Å². The van der Waals surface area contributed by atoms with Gasteiger partial charge in [-0.2, -0.15) is 0 Å². The Hall–Kier alpha value is 0.0900. The summed E-state index contributed by atoms with van der Waals surface area (Å²) in [5.41, 5.74) is 1.39. The Morgan fingerprint density at radius 2 is 1.91 bits per heavy atom. The number of hydrogen-bond acceptors (Lipinski definition) is 4. The van der Waals surface area contributed by atoms with Gasteiger partial charge in [-0.15, -0.1) is 24.8 Å². The molecule has 0 spiro atoms. The normalized spacial score (nSPS) is 21.5. The van der Waals surface area contributed by atoms with Crippen LogP contribution in [-0.2, 0) is 4.74 Å². The molecule has 0 amide bonds. The largest absolute Gasteiger partial charge is 0.381 e. The van der Waals surface area contributed by atoms with Gasteiger partial charge in [-0.05, 0) is 52.4 Å². The third-order valence-corrected chi connectivity index (χ3v) is 4.78. The standard InChI is InChI=1S/C15H22BrN3O.2ClH/c16-14-11-13(1-4-18-14)15(12-2-9-20-10-3-12)19-7-5-17-6-8-19;;/h1,4,11-12,15,17H,2-3,5-10H2;2*1H/t15-;;/m1../s1. The quantitative estimate of drug-likeness (QED) is 0.774. The smallest absolute Gasteiger partial charge is 0.106 e. The molecule has 3 heterocycles. The average molecular weight is 413 g/mol. The number of nitrogens with one attached hydrogen (secondary N) is 1. The first kappa shape index (κ1) is 20.1. The molecule has 0 unspecified atom stereocenters. The minimum atomic E-state index is 0. The van der Waals surface area contributed by atoms with Crippen LogP contribution in [0, 0.1) is 5.92 Å². The third-order valence-electron chi connectivity index (χ3n) is 4.35.